The van der Waals surface area contributed by atoms with Crippen molar-refractivity contribution in [3.8, 4) is 0 Å². The van der Waals surface area contributed by atoms with Crippen LogP contribution < -0.4 is 4.72 Å². The van der Waals surface area contributed by atoms with Gasteiger partial charge in [0.15, 0.2) is 0 Å². The first kappa shape index (κ1) is 16.0. The number of sulfonamides is 1. The molecule has 0 fully saturated rings. The van der Waals surface area contributed by atoms with Crippen LogP contribution in [0.3, 0.4) is 0 Å². The van der Waals surface area contributed by atoms with E-state index in [0.717, 1.165) is 6.42 Å². The molecule has 0 spiro atoms. The van der Waals surface area contributed by atoms with Gasteiger partial charge in [-0.05, 0) is 26.7 Å². The number of rotatable bonds is 5. The van der Waals surface area contributed by atoms with E-state index in [1.165, 1.54) is 0 Å². The van der Waals surface area contributed by atoms with Gasteiger partial charge in [-0.25, -0.2) is 13.1 Å². The molecule has 0 aliphatic carbocycles. The van der Waals surface area contributed by atoms with E-state index in [2.05, 4.69) is 4.72 Å². The number of hydrogen-bond donors (Lipinski definition) is 1. The normalized spacial score (nSPS) is 16.0. The summed E-state index contributed by atoms with van der Waals surface area (Å²) >= 11 is 0. The molecular formula is C8H20LiNO2S. The second-order valence-corrected chi connectivity index (χ2v) is 5.32. The molecule has 0 rings (SSSR count). The van der Waals surface area contributed by atoms with Crippen molar-refractivity contribution >= 4 is 28.9 Å². The molecule has 0 heterocycles. The predicted octanol–water partition coefficient (Wildman–Crippen LogP) is 0.854. The Morgan fingerprint density at radius 2 is 1.62 bits per heavy atom. The van der Waals surface area contributed by atoms with Crippen LogP contribution in [0.25, 0.3) is 0 Å². The van der Waals surface area contributed by atoms with Crippen molar-refractivity contribution in [2.45, 2.75) is 51.8 Å². The number of nitrogens with one attached hydrogen (secondary N) is 1. The van der Waals surface area contributed by atoms with Crippen LogP contribution in [0, 0.1) is 0 Å². The van der Waals surface area contributed by atoms with E-state index in [9.17, 15) is 8.42 Å². The Hall–Kier alpha value is 0.507. The van der Waals surface area contributed by atoms with Crippen LogP contribution in [-0.4, -0.2) is 38.6 Å². The molecule has 0 aromatic rings. The van der Waals surface area contributed by atoms with Crippen LogP contribution >= 0.6 is 0 Å². The van der Waals surface area contributed by atoms with Crippen molar-refractivity contribution < 1.29 is 8.42 Å². The zero-order valence-electron chi connectivity index (χ0n) is 8.29. The zero-order chi connectivity index (χ0) is 9.78. The van der Waals surface area contributed by atoms with Crippen molar-refractivity contribution in [3.63, 3.8) is 0 Å². The molecule has 0 aliphatic heterocycles. The van der Waals surface area contributed by atoms with Gasteiger partial charge in [0.1, 0.15) is 0 Å². The van der Waals surface area contributed by atoms with Crippen molar-refractivity contribution in [1.82, 2.24) is 4.72 Å². The minimum absolute atomic E-state index is 0. The molecule has 2 atom stereocenters. The molecule has 5 heteroatoms. The van der Waals surface area contributed by atoms with Crippen LogP contribution in [0.2, 0.25) is 0 Å². The SMILES string of the molecule is CCC(C)NS(=O)(=O)C(C)CC.[LiH]. The average molecular weight is 201 g/mol. The van der Waals surface area contributed by atoms with Gasteiger partial charge in [0.2, 0.25) is 10.0 Å². The Balaban J connectivity index is 0. The monoisotopic (exact) mass is 201 g/mol. The summed E-state index contributed by atoms with van der Waals surface area (Å²) < 4.78 is 25.5. The second kappa shape index (κ2) is 6.89. The van der Waals surface area contributed by atoms with Gasteiger partial charge >= 0.3 is 18.9 Å². The van der Waals surface area contributed by atoms with E-state index in [1.807, 2.05) is 20.8 Å². The molecule has 0 saturated heterocycles. The summed E-state index contributed by atoms with van der Waals surface area (Å²) in [7, 11) is -3.07. The number of hydrogen-bond acceptors (Lipinski definition) is 2. The first-order chi connectivity index (χ1) is 5.44. The van der Waals surface area contributed by atoms with Gasteiger partial charge in [0.25, 0.3) is 0 Å². The summed E-state index contributed by atoms with van der Waals surface area (Å²) in [6, 6.07) is 0.0454. The zero-order valence-corrected chi connectivity index (χ0v) is 9.11. The maximum absolute atomic E-state index is 11.4. The summed E-state index contributed by atoms with van der Waals surface area (Å²) in [5, 5.41) is -0.286. The molecular weight excluding hydrogens is 181 g/mol. The quantitative estimate of drug-likeness (QED) is 0.670. The Morgan fingerprint density at radius 3 is 1.92 bits per heavy atom. The third kappa shape index (κ3) is 5.74. The van der Waals surface area contributed by atoms with E-state index in [-0.39, 0.29) is 30.2 Å². The Labute approximate surface area is 93.9 Å². The molecule has 2 unspecified atom stereocenters. The fourth-order valence-corrected chi connectivity index (χ4v) is 2.10. The third-order valence-electron chi connectivity index (χ3n) is 2.08. The molecule has 0 bridgehead atoms. The molecule has 0 saturated carbocycles. The van der Waals surface area contributed by atoms with E-state index in [0.29, 0.717) is 6.42 Å². The van der Waals surface area contributed by atoms with Crippen LogP contribution in [0.5, 0.6) is 0 Å². The van der Waals surface area contributed by atoms with E-state index < -0.39 is 10.0 Å². The van der Waals surface area contributed by atoms with Gasteiger partial charge < -0.3 is 0 Å². The minimum atomic E-state index is -3.07. The van der Waals surface area contributed by atoms with Crippen molar-refractivity contribution in [2.75, 3.05) is 0 Å². The molecule has 0 amide bonds. The van der Waals surface area contributed by atoms with Gasteiger partial charge in [0.05, 0.1) is 5.25 Å². The standard InChI is InChI=1S/C8H19NO2S.Li.H/c1-5-7(3)9-12(10,11)8(4)6-2;;/h7-9H,5-6H2,1-4H3;;. The summed E-state index contributed by atoms with van der Waals surface area (Å²) in [5.74, 6) is 0. The second-order valence-electron chi connectivity index (χ2n) is 3.19. The Bertz CT molecular complexity index is 216. The van der Waals surface area contributed by atoms with E-state index in [1.54, 1.807) is 6.92 Å². The third-order valence-corrected chi connectivity index (χ3v) is 4.21. The molecule has 0 radical (unpaired) electrons. The molecule has 0 aliphatic rings. The fraction of sp³-hybridized carbons (Fsp3) is 1.00. The average Bonchev–Trinajstić information content (AvgIpc) is 2.02. The fourth-order valence-electron chi connectivity index (χ4n) is 0.699. The summed E-state index contributed by atoms with van der Waals surface area (Å²) in [4.78, 5) is 0. The van der Waals surface area contributed by atoms with Crippen LogP contribution in [0.4, 0.5) is 0 Å². The van der Waals surface area contributed by atoms with Crippen LogP contribution in [0.15, 0.2) is 0 Å². The first-order valence-electron chi connectivity index (χ1n) is 4.45. The maximum atomic E-state index is 11.4. The molecule has 0 aromatic carbocycles. The van der Waals surface area contributed by atoms with Crippen LogP contribution in [0.1, 0.15) is 40.5 Å². The van der Waals surface area contributed by atoms with Gasteiger partial charge in [0, 0.05) is 6.04 Å². The Kier molecular flexibility index (Phi) is 8.45. The first-order valence-corrected chi connectivity index (χ1v) is 5.99. The van der Waals surface area contributed by atoms with Crippen molar-refractivity contribution in [1.29, 1.82) is 0 Å². The van der Waals surface area contributed by atoms with Gasteiger partial charge in [-0.1, -0.05) is 13.8 Å². The van der Waals surface area contributed by atoms with Gasteiger partial charge in [-0.3, -0.25) is 0 Å². The summed E-state index contributed by atoms with van der Waals surface area (Å²) in [6.07, 6.45) is 1.49. The van der Waals surface area contributed by atoms with Gasteiger partial charge in [-0.2, -0.15) is 0 Å². The summed E-state index contributed by atoms with van der Waals surface area (Å²) in [5.41, 5.74) is 0. The molecule has 0 aromatic heterocycles. The van der Waals surface area contributed by atoms with Crippen molar-refractivity contribution in [3.05, 3.63) is 0 Å². The van der Waals surface area contributed by atoms with Crippen molar-refractivity contribution in [2.24, 2.45) is 0 Å². The molecule has 3 nitrogen and oxygen atoms in total. The molecule has 76 valence electrons. The van der Waals surface area contributed by atoms with Gasteiger partial charge in [-0.15, -0.1) is 0 Å². The summed E-state index contributed by atoms with van der Waals surface area (Å²) in [6.45, 7) is 7.44. The van der Waals surface area contributed by atoms with Crippen LogP contribution in [-0.2, 0) is 10.0 Å². The molecule has 1 N–H and O–H groups in total. The van der Waals surface area contributed by atoms with E-state index >= 15 is 0 Å². The van der Waals surface area contributed by atoms with E-state index in [4.69, 9.17) is 0 Å². The predicted molar refractivity (Wildman–Crippen MR) is 58.7 cm³/mol. The molecule has 13 heavy (non-hydrogen) atoms. The topological polar surface area (TPSA) is 46.2 Å². The Morgan fingerprint density at radius 1 is 1.15 bits per heavy atom.